The summed E-state index contributed by atoms with van der Waals surface area (Å²) in [6.07, 6.45) is 2.71. The molecule has 0 bridgehead atoms. The number of aromatic nitrogens is 2. The lowest BCUT2D eigenvalue weighted by Gasteiger charge is -2.09. The highest BCUT2D eigenvalue weighted by atomic mass is 32.2. The smallest absolute Gasteiger partial charge is 0.247 e. The van der Waals surface area contributed by atoms with Gasteiger partial charge in [0.25, 0.3) is 0 Å². The van der Waals surface area contributed by atoms with Crippen molar-refractivity contribution in [1.82, 2.24) is 9.97 Å². The lowest BCUT2D eigenvalue weighted by atomic mass is 10.1. The minimum Gasteiger partial charge on any atom is -0.396 e. The van der Waals surface area contributed by atoms with E-state index in [0.717, 1.165) is 6.26 Å². The highest BCUT2D eigenvalue weighted by Crippen LogP contribution is 2.11. The number of aliphatic hydroxyl groups is 1. The standard InChI is InChI=1S/C8H13N3O3S/c1-15(13,14)8-10-4-2-7(11-8)6(9)3-5-12/h2,4,6,12H,3,5,9H2,1H3. The number of hydrogen-bond donors (Lipinski definition) is 2. The quantitative estimate of drug-likeness (QED) is 0.661. The van der Waals surface area contributed by atoms with Gasteiger partial charge in [-0.2, -0.15) is 0 Å². The zero-order chi connectivity index (χ0) is 11.5. The molecule has 0 aliphatic carbocycles. The molecule has 15 heavy (non-hydrogen) atoms. The van der Waals surface area contributed by atoms with Gasteiger partial charge in [0.2, 0.25) is 15.0 Å². The summed E-state index contributed by atoms with van der Waals surface area (Å²) in [5.41, 5.74) is 6.09. The summed E-state index contributed by atoms with van der Waals surface area (Å²) in [5.74, 6) is 0. The van der Waals surface area contributed by atoms with Gasteiger partial charge in [-0.15, -0.1) is 0 Å². The van der Waals surface area contributed by atoms with Crippen LogP contribution in [-0.2, 0) is 9.84 Å². The van der Waals surface area contributed by atoms with Crippen molar-refractivity contribution < 1.29 is 13.5 Å². The largest absolute Gasteiger partial charge is 0.396 e. The van der Waals surface area contributed by atoms with Crippen LogP contribution >= 0.6 is 0 Å². The van der Waals surface area contributed by atoms with Gasteiger partial charge in [0, 0.05) is 25.1 Å². The Morgan fingerprint density at radius 1 is 1.60 bits per heavy atom. The van der Waals surface area contributed by atoms with Gasteiger partial charge < -0.3 is 10.8 Å². The molecule has 1 rings (SSSR count). The van der Waals surface area contributed by atoms with Gasteiger partial charge in [-0.3, -0.25) is 0 Å². The van der Waals surface area contributed by atoms with Crippen LogP contribution in [0.25, 0.3) is 0 Å². The molecule has 3 N–H and O–H groups in total. The van der Waals surface area contributed by atoms with E-state index in [1.165, 1.54) is 12.3 Å². The SMILES string of the molecule is CS(=O)(=O)c1nccc(C(N)CCO)n1. The molecule has 0 spiro atoms. The van der Waals surface area contributed by atoms with Gasteiger partial charge in [0.15, 0.2) is 0 Å². The summed E-state index contributed by atoms with van der Waals surface area (Å²) in [6, 6.07) is 1.06. The molecule has 0 fully saturated rings. The van der Waals surface area contributed by atoms with Crippen LogP contribution in [0, 0.1) is 0 Å². The third kappa shape index (κ3) is 3.22. The molecule has 0 amide bonds. The molecule has 0 saturated carbocycles. The number of nitrogens with two attached hydrogens (primary N) is 1. The van der Waals surface area contributed by atoms with Gasteiger partial charge in [0.1, 0.15) is 0 Å². The van der Waals surface area contributed by atoms with E-state index in [4.69, 9.17) is 10.8 Å². The molecule has 84 valence electrons. The van der Waals surface area contributed by atoms with Crippen LogP contribution in [0.1, 0.15) is 18.2 Å². The van der Waals surface area contributed by atoms with E-state index >= 15 is 0 Å². The molecule has 6 nitrogen and oxygen atoms in total. The van der Waals surface area contributed by atoms with Crippen molar-refractivity contribution in [1.29, 1.82) is 0 Å². The van der Waals surface area contributed by atoms with Crippen molar-refractivity contribution in [2.24, 2.45) is 5.73 Å². The number of nitrogens with zero attached hydrogens (tertiary/aromatic N) is 2. The molecule has 0 aliphatic rings. The first-order valence-electron chi connectivity index (χ1n) is 4.34. The Morgan fingerprint density at radius 2 is 2.27 bits per heavy atom. The van der Waals surface area contributed by atoms with E-state index in [9.17, 15) is 8.42 Å². The first kappa shape index (κ1) is 12.0. The van der Waals surface area contributed by atoms with Crippen LogP contribution in [-0.4, -0.2) is 36.4 Å². The Labute approximate surface area is 88.1 Å². The van der Waals surface area contributed by atoms with Gasteiger partial charge in [-0.05, 0) is 12.5 Å². The summed E-state index contributed by atoms with van der Waals surface area (Å²) in [7, 11) is -3.41. The molecule has 1 unspecified atom stereocenters. The summed E-state index contributed by atoms with van der Waals surface area (Å²) < 4.78 is 22.3. The minimum atomic E-state index is -3.41. The molecule has 1 aromatic heterocycles. The zero-order valence-electron chi connectivity index (χ0n) is 8.29. The fourth-order valence-electron chi connectivity index (χ4n) is 1.03. The van der Waals surface area contributed by atoms with Crippen molar-refractivity contribution >= 4 is 9.84 Å². The van der Waals surface area contributed by atoms with E-state index in [1.54, 1.807) is 0 Å². The van der Waals surface area contributed by atoms with Crippen LogP contribution in [0.2, 0.25) is 0 Å². The number of rotatable bonds is 4. The maximum atomic E-state index is 11.2. The predicted octanol–water partition coefficient (Wildman–Crippen LogP) is -0.738. The number of hydrogen-bond acceptors (Lipinski definition) is 6. The Bertz CT molecular complexity index is 433. The number of sulfone groups is 1. The second-order valence-electron chi connectivity index (χ2n) is 3.16. The minimum absolute atomic E-state index is 0.0701. The summed E-state index contributed by atoms with van der Waals surface area (Å²) in [4.78, 5) is 7.46. The second-order valence-corrected chi connectivity index (χ2v) is 5.06. The van der Waals surface area contributed by atoms with Crippen molar-refractivity contribution in [2.75, 3.05) is 12.9 Å². The molecule has 0 aromatic carbocycles. The summed E-state index contributed by atoms with van der Waals surface area (Å²) in [5, 5.41) is 8.44. The molecule has 1 aromatic rings. The topological polar surface area (TPSA) is 106 Å². The van der Waals surface area contributed by atoms with Crippen LogP contribution < -0.4 is 5.73 Å². The van der Waals surface area contributed by atoms with Crippen molar-refractivity contribution in [2.45, 2.75) is 17.6 Å². The molecule has 0 saturated heterocycles. The van der Waals surface area contributed by atoms with Crippen molar-refractivity contribution in [3.63, 3.8) is 0 Å². The van der Waals surface area contributed by atoms with E-state index in [1.807, 2.05) is 0 Å². The summed E-state index contributed by atoms with van der Waals surface area (Å²) >= 11 is 0. The average molecular weight is 231 g/mol. The lowest BCUT2D eigenvalue weighted by Crippen LogP contribution is -2.16. The fraction of sp³-hybridized carbons (Fsp3) is 0.500. The van der Waals surface area contributed by atoms with Crippen LogP contribution in [0.3, 0.4) is 0 Å². The zero-order valence-corrected chi connectivity index (χ0v) is 9.11. The predicted molar refractivity (Wildman–Crippen MR) is 53.8 cm³/mol. The highest BCUT2D eigenvalue weighted by Gasteiger charge is 2.14. The van der Waals surface area contributed by atoms with Gasteiger partial charge in [-0.1, -0.05) is 0 Å². The van der Waals surface area contributed by atoms with Crippen molar-refractivity contribution in [3.05, 3.63) is 18.0 Å². The van der Waals surface area contributed by atoms with Crippen LogP contribution in [0.4, 0.5) is 0 Å². The molecular weight excluding hydrogens is 218 g/mol. The summed E-state index contributed by atoms with van der Waals surface area (Å²) in [6.45, 7) is -0.0701. The Balaban J connectivity index is 3.03. The Morgan fingerprint density at radius 3 is 2.80 bits per heavy atom. The first-order valence-corrected chi connectivity index (χ1v) is 6.23. The van der Waals surface area contributed by atoms with Gasteiger partial charge >= 0.3 is 0 Å². The average Bonchev–Trinajstić information content (AvgIpc) is 2.17. The van der Waals surface area contributed by atoms with Gasteiger partial charge in [0.05, 0.1) is 5.69 Å². The Hall–Kier alpha value is -1.05. The van der Waals surface area contributed by atoms with E-state index in [0.29, 0.717) is 12.1 Å². The van der Waals surface area contributed by atoms with Crippen LogP contribution in [0.5, 0.6) is 0 Å². The van der Waals surface area contributed by atoms with E-state index in [-0.39, 0.29) is 11.8 Å². The second kappa shape index (κ2) is 4.65. The molecule has 1 atom stereocenters. The van der Waals surface area contributed by atoms with E-state index < -0.39 is 15.9 Å². The monoisotopic (exact) mass is 231 g/mol. The third-order valence-electron chi connectivity index (χ3n) is 1.81. The normalized spacial score (nSPS) is 13.8. The fourth-order valence-corrected chi connectivity index (χ4v) is 1.55. The maximum absolute atomic E-state index is 11.2. The molecule has 1 heterocycles. The van der Waals surface area contributed by atoms with Crippen molar-refractivity contribution in [3.8, 4) is 0 Å². The Kier molecular flexibility index (Phi) is 3.72. The highest BCUT2D eigenvalue weighted by molar-refractivity contribution is 7.90. The molecule has 0 aliphatic heterocycles. The van der Waals surface area contributed by atoms with E-state index in [2.05, 4.69) is 9.97 Å². The lowest BCUT2D eigenvalue weighted by molar-refractivity contribution is 0.275. The third-order valence-corrected chi connectivity index (χ3v) is 2.67. The molecule has 7 heteroatoms. The maximum Gasteiger partial charge on any atom is 0.247 e. The van der Waals surface area contributed by atoms with Gasteiger partial charge in [-0.25, -0.2) is 18.4 Å². The number of aliphatic hydroxyl groups excluding tert-OH is 1. The van der Waals surface area contributed by atoms with Crippen LogP contribution in [0.15, 0.2) is 17.4 Å². The first-order chi connectivity index (χ1) is 6.95. The molecular formula is C8H13N3O3S. The molecule has 0 radical (unpaired) electrons.